The molecule has 0 aliphatic heterocycles. The number of halogens is 1. The third kappa shape index (κ3) is 4.97. The Balaban J connectivity index is 1.66. The predicted molar refractivity (Wildman–Crippen MR) is 135 cm³/mol. The number of aryl methyl sites for hydroxylation is 2. The van der Waals surface area contributed by atoms with Crippen molar-refractivity contribution >= 4 is 28.3 Å². The minimum Gasteiger partial charge on any atom is -0.481 e. The summed E-state index contributed by atoms with van der Waals surface area (Å²) in [4.78, 5) is 26.4. The molecule has 0 saturated heterocycles. The van der Waals surface area contributed by atoms with Crippen LogP contribution in [0.4, 0.5) is 10.1 Å². The van der Waals surface area contributed by atoms with Gasteiger partial charge in [-0.3, -0.25) is 9.59 Å². The summed E-state index contributed by atoms with van der Waals surface area (Å²) < 4.78 is 26.0. The quantitative estimate of drug-likeness (QED) is 0.295. The second-order valence-electron chi connectivity index (χ2n) is 9.04. The maximum absolute atomic E-state index is 14.1. The van der Waals surface area contributed by atoms with Crippen LogP contribution in [0.5, 0.6) is 5.75 Å². The highest BCUT2D eigenvalue weighted by Crippen LogP contribution is 2.33. The molecular weight excluding hydrogens is 445 g/mol. The van der Waals surface area contributed by atoms with Gasteiger partial charge in [0.25, 0.3) is 5.91 Å². The second kappa shape index (κ2) is 9.74. The topological polar surface area (TPSA) is 68.5 Å². The van der Waals surface area contributed by atoms with Gasteiger partial charge in [-0.15, -0.1) is 0 Å². The number of anilines is 1. The number of para-hydroxylation sites is 1. The van der Waals surface area contributed by atoms with Crippen LogP contribution in [-0.4, -0.2) is 17.8 Å². The zero-order valence-electron chi connectivity index (χ0n) is 20.4. The lowest BCUT2D eigenvalue weighted by atomic mass is 10.0. The molecule has 1 unspecified atom stereocenters. The van der Waals surface area contributed by atoms with Gasteiger partial charge in [-0.2, -0.15) is 0 Å². The number of nitrogens with one attached hydrogen (secondary N) is 1. The fraction of sp³-hybridized carbons (Fsp3) is 0.241. The maximum atomic E-state index is 14.1. The maximum Gasteiger partial charge on any atom is 0.265 e. The van der Waals surface area contributed by atoms with Crippen LogP contribution >= 0.6 is 0 Å². The van der Waals surface area contributed by atoms with Crippen molar-refractivity contribution in [2.45, 2.75) is 46.6 Å². The van der Waals surface area contributed by atoms with E-state index < -0.39 is 23.6 Å². The minimum absolute atomic E-state index is 0.0616. The third-order valence-corrected chi connectivity index (χ3v) is 5.95. The van der Waals surface area contributed by atoms with Crippen LogP contribution in [0.25, 0.3) is 11.0 Å². The van der Waals surface area contributed by atoms with Crippen LogP contribution in [0.1, 0.15) is 59.5 Å². The van der Waals surface area contributed by atoms with E-state index in [1.54, 1.807) is 38.1 Å². The summed E-state index contributed by atoms with van der Waals surface area (Å²) in [6, 6.07) is 17.2. The molecule has 3 aromatic carbocycles. The monoisotopic (exact) mass is 473 g/mol. The standard InChI is InChI=1S/C29H28FNO4/c1-16(2)21-13-10-17(3)14-25(21)34-19(5)29(33)31-26-22-8-6-7-9-24(22)35-28(26)27(32)20-12-11-18(4)23(30)15-20/h6-16,19H,1-5H3,(H,31,33). The average Bonchev–Trinajstić information content (AvgIpc) is 3.18. The van der Waals surface area contributed by atoms with Crippen molar-refractivity contribution < 1.29 is 23.1 Å². The Morgan fingerprint density at radius 3 is 2.43 bits per heavy atom. The molecule has 1 atom stereocenters. The molecule has 35 heavy (non-hydrogen) atoms. The molecule has 6 heteroatoms. The van der Waals surface area contributed by atoms with E-state index in [1.165, 1.54) is 18.2 Å². The largest absolute Gasteiger partial charge is 0.481 e. The highest BCUT2D eigenvalue weighted by atomic mass is 19.1. The van der Waals surface area contributed by atoms with E-state index in [2.05, 4.69) is 19.2 Å². The van der Waals surface area contributed by atoms with Crippen molar-refractivity contribution in [3.8, 4) is 5.75 Å². The normalized spacial score (nSPS) is 12.1. The Kier molecular flexibility index (Phi) is 6.74. The van der Waals surface area contributed by atoms with Crippen LogP contribution in [0.3, 0.4) is 0 Å². The van der Waals surface area contributed by atoms with E-state index in [9.17, 15) is 14.0 Å². The Morgan fingerprint density at radius 1 is 0.971 bits per heavy atom. The first-order valence-corrected chi connectivity index (χ1v) is 11.6. The molecule has 0 radical (unpaired) electrons. The first kappa shape index (κ1) is 24.2. The number of fused-ring (bicyclic) bond motifs is 1. The Bertz CT molecular complexity index is 1420. The number of ketones is 1. The SMILES string of the molecule is Cc1ccc(C(C)C)c(OC(C)C(=O)Nc2c(C(=O)c3ccc(C)c(F)c3)oc3ccccc23)c1. The van der Waals surface area contributed by atoms with Gasteiger partial charge in [0, 0.05) is 10.9 Å². The van der Waals surface area contributed by atoms with Gasteiger partial charge in [0.2, 0.25) is 5.78 Å². The molecular formula is C29H28FNO4. The van der Waals surface area contributed by atoms with Crippen LogP contribution in [0.2, 0.25) is 0 Å². The first-order valence-electron chi connectivity index (χ1n) is 11.6. The van der Waals surface area contributed by atoms with Crippen molar-refractivity contribution in [3.05, 3.63) is 94.5 Å². The van der Waals surface area contributed by atoms with Crippen molar-refractivity contribution in [2.75, 3.05) is 5.32 Å². The van der Waals surface area contributed by atoms with E-state index in [0.717, 1.165) is 11.1 Å². The summed E-state index contributed by atoms with van der Waals surface area (Å²) in [7, 11) is 0. The van der Waals surface area contributed by atoms with Crippen molar-refractivity contribution in [2.24, 2.45) is 0 Å². The highest BCUT2D eigenvalue weighted by Gasteiger charge is 2.26. The highest BCUT2D eigenvalue weighted by molar-refractivity contribution is 6.17. The van der Waals surface area contributed by atoms with E-state index in [4.69, 9.17) is 9.15 Å². The molecule has 1 aromatic heterocycles. The van der Waals surface area contributed by atoms with Crippen molar-refractivity contribution in [3.63, 3.8) is 0 Å². The van der Waals surface area contributed by atoms with Gasteiger partial charge in [0.05, 0.1) is 5.69 Å². The molecule has 1 heterocycles. The van der Waals surface area contributed by atoms with Gasteiger partial charge in [0.15, 0.2) is 11.9 Å². The Labute approximate surface area is 203 Å². The van der Waals surface area contributed by atoms with Crippen LogP contribution in [0.15, 0.2) is 65.1 Å². The zero-order valence-corrected chi connectivity index (χ0v) is 20.4. The van der Waals surface area contributed by atoms with Gasteiger partial charge >= 0.3 is 0 Å². The van der Waals surface area contributed by atoms with Crippen molar-refractivity contribution in [1.29, 1.82) is 0 Å². The molecule has 0 saturated carbocycles. The van der Waals surface area contributed by atoms with Gasteiger partial charge in [-0.25, -0.2) is 4.39 Å². The summed E-state index contributed by atoms with van der Waals surface area (Å²) in [5, 5.41) is 3.39. The summed E-state index contributed by atoms with van der Waals surface area (Å²) in [5.41, 5.74) is 3.27. The molecule has 5 nitrogen and oxygen atoms in total. The number of hydrogen-bond donors (Lipinski definition) is 1. The van der Waals surface area contributed by atoms with Gasteiger partial charge in [-0.1, -0.05) is 50.2 Å². The van der Waals surface area contributed by atoms with E-state index in [1.807, 2.05) is 25.1 Å². The van der Waals surface area contributed by atoms with Gasteiger partial charge < -0.3 is 14.5 Å². The third-order valence-electron chi connectivity index (χ3n) is 5.95. The van der Waals surface area contributed by atoms with Gasteiger partial charge in [0.1, 0.15) is 17.1 Å². The molecule has 1 N–H and O–H groups in total. The number of furan rings is 1. The molecule has 0 bridgehead atoms. The lowest BCUT2D eigenvalue weighted by Crippen LogP contribution is -2.31. The smallest absolute Gasteiger partial charge is 0.265 e. The molecule has 4 aromatic rings. The molecule has 0 spiro atoms. The average molecular weight is 474 g/mol. The number of carbonyl (C=O) groups excluding carboxylic acids is 2. The molecule has 4 rings (SSSR count). The second-order valence-corrected chi connectivity index (χ2v) is 9.04. The summed E-state index contributed by atoms with van der Waals surface area (Å²) in [6.45, 7) is 9.36. The number of hydrogen-bond acceptors (Lipinski definition) is 4. The van der Waals surface area contributed by atoms with Gasteiger partial charge in [-0.05, 0) is 67.6 Å². The number of carbonyl (C=O) groups is 2. The fourth-order valence-corrected chi connectivity index (χ4v) is 3.88. The lowest BCUT2D eigenvalue weighted by Gasteiger charge is -2.19. The van der Waals surface area contributed by atoms with E-state index >= 15 is 0 Å². The Morgan fingerprint density at radius 2 is 1.71 bits per heavy atom. The summed E-state index contributed by atoms with van der Waals surface area (Å²) in [6.07, 6.45) is -0.845. The van der Waals surface area contributed by atoms with Crippen LogP contribution in [-0.2, 0) is 4.79 Å². The number of ether oxygens (including phenoxy) is 1. The number of amides is 1. The van der Waals surface area contributed by atoms with E-state index in [-0.39, 0.29) is 22.9 Å². The predicted octanol–water partition coefficient (Wildman–Crippen LogP) is 6.95. The number of rotatable bonds is 7. The molecule has 1 amide bonds. The molecule has 180 valence electrons. The summed E-state index contributed by atoms with van der Waals surface area (Å²) in [5.74, 6) is -0.641. The summed E-state index contributed by atoms with van der Waals surface area (Å²) >= 11 is 0. The van der Waals surface area contributed by atoms with Crippen LogP contribution < -0.4 is 10.1 Å². The molecule has 0 aliphatic carbocycles. The van der Waals surface area contributed by atoms with Crippen molar-refractivity contribution in [1.82, 2.24) is 0 Å². The molecule has 0 aliphatic rings. The lowest BCUT2D eigenvalue weighted by molar-refractivity contribution is -0.122. The number of benzene rings is 3. The first-order chi connectivity index (χ1) is 16.7. The van der Waals surface area contributed by atoms with E-state index in [0.29, 0.717) is 22.3 Å². The minimum atomic E-state index is -0.845. The Hall–Kier alpha value is -3.93. The fourth-order valence-electron chi connectivity index (χ4n) is 3.88. The van der Waals surface area contributed by atoms with Crippen LogP contribution in [0, 0.1) is 19.7 Å². The zero-order chi connectivity index (χ0) is 25.3. The molecule has 0 fully saturated rings.